The molecule has 1 fully saturated rings. The van der Waals surface area contributed by atoms with Crippen molar-refractivity contribution in [3.05, 3.63) is 28.8 Å². The molecule has 100 valence electrons. The van der Waals surface area contributed by atoms with Crippen molar-refractivity contribution in [3.8, 4) is 0 Å². The number of hydrogen-bond acceptors (Lipinski definition) is 2. The van der Waals surface area contributed by atoms with Gasteiger partial charge >= 0.3 is 0 Å². The summed E-state index contributed by atoms with van der Waals surface area (Å²) in [6.07, 6.45) is 5.13. The van der Waals surface area contributed by atoms with E-state index in [-0.39, 0.29) is 0 Å². The van der Waals surface area contributed by atoms with Gasteiger partial charge in [-0.1, -0.05) is 30.2 Å². The number of benzene rings is 1. The molecule has 2 rings (SSSR count). The lowest BCUT2D eigenvalue weighted by Gasteiger charge is -2.27. The Hall–Kier alpha value is -0.730. The minimum atomic E-state index is 0.444. The zero-order valence-corrected chi connectivity index (χ0v) is 12.1. The maximum atomic E-state index is 6.24. The maximum Gasteiger partial charge on any atom is 0.0640 e. The molecule has 2 nitrogen and oxygen atoms in total. The molecular weight excluding hydrogens is 244 g/mol. The third kappa shape index (κ3) is 3.63. The summed E-state index contributed by atoms with van der Waals surface area (Å²) in [6.45, 7) is 5.50. The summed E-state index contributed by atoms with van der Waals surface area (Å²) in [6, 6.07) is 7.14. The first kappa shape index (κ1) is 13.7. The van der Waals surface area contributed by atoms with E-state index in [1.54, 1.807) is 0 Å². The zero-order valence-electron chi connectivity index (χ0n) is 11.3. The minimum absolute atomic E-state index is 0.444. The molecule has 0 spiro atoms. The number of hydrogen-bond donors (Lipinski definition) is 2. The summed E-state index contributed by atoms with van der Waals surface area (Å²) in [5.74, 6) is 0. The van der Waals surface area contributed by atoms with Crippen LogP contribution < -0.4 is 10.6 Å². The van der Waals surface area contributed by atoms with Crippen LogP contribution in [0, 0.1) is 6.92 Å². The predicted molar refractivity (Wildman–Crippen MR) is 79.5 cm³/mol. The molecule has 2 atom stereocenters. The van der Waals surface area contributed by atoms with Gasteiger partial charge in [-0.3, -0.25) is 0 Å². The standard InChI is InChI=1S/C15H23ClN2/c1-11-6-5-8-14(16)15(11)18-12(2)10-13-7-3-4-9-17-13/h5-6,8,12-13,17-18H,3-4,7,9-10H2,1-2H3. The lowest BCUT2D eigenvalue weighted by Crippen LogP contribution is -2.37. The topological polar surface area (TPSA) is 24.1 Å². The van der Waals surface area contributed by atoms with E-state index in [0.29, 0.717) is 12.1 Å². The average Bonchev–Trinajstić information content (AvgIpc) is 2.35. The second-order valence-corrected chi connectivity index (χ2v) is 5.77. The molecule has 1 saturated heterocycles. The highest BCUT2D eigenvalue weighted by Gasteiger charge is 2.16. The maximum absolute atomic E-state index is 6.24. The van der Waals surface area contributed by atoms with Gasteiger partial charge in [0.25, 0.3) is 0 Å². The summed E-state index contributed by atoms with van der Waals surface area (Å²) in [5, 5.41) is 7.96. The van der Waals surface area contributed by atoms with Gasteiger partial charge in [-0.05, 0) is 51.3 Å². The lowest BCUT2D eigenvalue weighted by atomic mass is 9.98. The highest BCUT2D eigenvalue weighted by molar-refractivity contribution is 6.33. The normalized spacial score (nSPS) is 21.6. The number of halogens is 1. The molecule has 0 saturated carbocycles. The predicted octanol–water partition coefficient (Wildman–Crippen LogP) is 3.98. The Kier molecular flexibility index (Phi) is 4.90. The second-order valence-electron chi connectivity index (χ2n) is 5.36. The van der Waals surface area contributed by atoms with Crippen molar-refractivity contribution < 1.29 is 0 Å². The SMILES string of the molecule is Cc1cccc(Cl)c1NC(C)CC1CCCCN1. The van der Waals surface area contributed by atoms with E-state index in [0.717, 1.165) is 17.1 Å². The van der Waals surface area contributed by atoms with Crippen LogP contribution in [0.3, 0.4) is 0 Å². The largest absolute Gasteiger partial charge is 0.381 e. The Morgan fingerprint density at radius 2 is 2.28 bits per heavy atom. The number of nitrogens with one attached hydrogen (secondary N) is 2. The van der Waals surface area contributed by atoms with Crippen molar-refractivity contribution in [1.82, 2.24) is 5.32 Å². The van der Waals surface area contributed by atoms with Crippen molar-refractivity contribution >= 4 is 17.3 Å². The molecule has 1 aliphatic rings. The Morgan fingerprint density at radius 1 is 1.44 bits per heavy atom. The first-order valence-electron chi connectivity index (χ1n) is 6.92. The van der Waals surface area contributed by atoms with Crippen molar-refractivity contribution in [1.29, 1.82) is 0 Å². The van der Waals surface area contributed by atoms with Gasteiger partial charge in [0.2, 0.25) is 0 Å². The summed E-state index contributed by atoms with van der Waals surface area (Å²) < 4.78 is 0. The van der Waals surface area contributed by atoms with Gasteiger partial charge in [0, 0.05) is 12.1 Å². The molecule has 18 heavy (non-hydrogen) atoms. The number of para-hydroxylation sites is 1. The molecule has 2 N–H and O–H groups in total. The Bertz CT molecular complexity index is 366. The van der Waals surface area contributed by atoms with E-state index >= 15 is 0 Å². The Balaban J connectivity index is 1.92. The molecule has 0 amide bonds. The van der Waals surface area contributed by atoms with Crippen molar-refractivity contribution in [3.63, 3.8) is 0 Å². The smallest absolute Gasteiger partial charge is 0.0640 e. The molecule has 1 heterocycles. The number of anilines is 1. The molecule has 0 aromatic heterocycles. The van der Waals surface area contributed by atoms with E-state index in [1.165, 1.54) is 31.4 Å². The summed E-state index contributed by atoms with van der Waals surface area (Å²) in [5.41, 5.74) is 2.30. The molecule has 3 heteroatoms. The number of aryl methyl sites for hydroxylation is 1. The van der Waals surface area contributed by atoms with E-state index in [4.69, 9.17) is 11.6 Å². The van der Waals surface area contributed by atoms with Crippen LogP contribution in [0.4, 0.5) is 5.69 Å². The Morgan fingerprint density at radius 3 is 2.94 bits per heavy atom. The molecule has 1 aromatic carbocycles. The first-order chi connectivity index (χ1) is 8.66. The third-order valence-electron chi connectivity index (χ3n) is 3.66. The highest BCUT2D eigenvalue weighted by atomic mass is 35.5. The van der Waals surface area contributed by atoms with Crippen LogP contribution in [0.25, 0.3) is 0 Å². The van der Waals surface area contributed by atoms with Crippen molar-refractivity contribution in [2.45, 2.75) is 51.6 Å². The monoisotopic (exact) mass is 266 g/mol. The van der Waals surface area contributed by atoms with Crippen LogP contribution in [0.1, 0.15) is 38.2 Å². The van der Waals surface area contributed by atoms with Crippen LogP contribution in [0.15, 0.2) is 18.2 Å². The summed E-state index contributed by atoms with van der Waals surface area (Å²) in [4.78, 5) is 0. The quantitative estimate of drug-likeness (QED) is 0.861. The van der Waals surface area contributed by atoms with Gasteiger partial charge in [-0.2, -0.15) is 0 Å². The van der Waals surface area contributed by atoms with Gasteiger partial charge in [-0.15, -0.1) is 0 Å². The molecule has 1 aromatic rings. The zero-order chi connectivity index (χ0) is 13.0. The third-order valence-corrected chi connectivity index (χ3v) is 3.98. The van der Waals surface area contributed by atoms with E-state index in [1.807, 2.05) is 12.1 Å². The van der Waals surface area contributed by atoms with Crippen LogP contribution in [0.2, 0.25) is 5.02 Å². The van der Waals surface area contributed by atoms with Crippen LogP contribution in [-0.4, -0.2) is 18.6 Å². The fourth-order valence-corrected chi connectivity index (χ4v) is 2.95. The van der Waals surface area contributed by atoms with E-state index in [9.17, 15) is 0 Å². The lowest BCUT2D eigenvalue weighted by molar-refractivity contribution is 0.371. The molecular formula is C15H23ClN2. The molecule has 1 aliphatic heterocycles. The van der Waals surface area contributed by atoms with Gasteiger partial charge < -0.3 is 10.6 Å². The number of rotatable bonds is 4. The van der Waals surface area contributed by atoms with E-state index in [2.05, 4.69) is 30.5 Å². The van der Waals surface area contributed by atoms with Gasteiger partial charge in [0.1, 0.15) is 0 Å². The molecule has 0 aliphatic carbocycles. The molecule has 2 unspecified atom stereocenters. The first-order valence-corrected chi connectivity index (χ1v) is 7.29. The molecule has 0 bridgehead atoms. The van der Waals surface area contributed by atoms with Crippen LogP contribution >= 0.6 is 11.6 Å². The highest BCUT2D eigenvalue weighted by Crippen LogP contribution is 2.26. The second kappa shape index (κ2) is 6.44. The summed E-state index contributed by atoms with van der Waals surface area (Å²) in [7, 11) is 0. The Labute approximate surface area is 115 Å². The minimum Gasteiger partial charge on any atom is -0.381 e. The van der Waals surface area contributed by atoms with Gasteiger partial charge in [0.05, 0.1) is 10.7 Å². The molecule has 0 radical (unpaired) electrons. The number of piperidine rings is 1. The van der Waals surface area contributed by atoms with Crippen LogP contribution in [-0.2, 0) is 0 Å². The van der Waals surface area contributed by atoms with Gasteiger partial charge in [-0.25, -0.2) is 0 Å². The fourth-order valence-electron chi connectivity index (χ4n) is 2.67. The summed E-state index contributed by atoms with van der Waals surface area (Å²) >= 11 is 6.24. The fraction of sp³-hybridized carbons (Fsp3) is 0.600. The van der Waals surface area contributed by atoms with Crippen molar-refractivity contribution in [2.75, 3.05) is 11.9 Å². The van der Waals surface area contributed by atoms with E-state index < -0.39 is 0 Å². The van der Waals surface area contributed by atoms with Crippen molar-refractivity contribution in [2.24, 2.45) is 0 Å². The van der Waals surface area contributed by atoms with Crippen LogP contribution in [0.5, 0.6) is 0 Å². The van der Waals surface area contributed by atoms with Gasteiger partial charge in [0.15, 0.2) is 0 Å². The average molecular weight is 267 g/mol.